The lowest BCUT2D eigenvalue weighted by Crippen LogP contribution is -2.37. The number of nitrogens with zero attached hydrogens (tertiary/aromatic N) is 2. The molecular formula is C11H23IN4O. The molecule has 100 valence electrons. The van der Waals surface area contributed by atoms with Gasteiger partial charge in [0.25, 0.3) is 0 Å². The van der Waals surface area contributed by atoms with Gasteiger partial charge in [-0.1, -0.05) is 0 Å². The predicted octanol–water partition coefficient (Wildman–Crippen LogP) is 0.393. The van der Waals surface area contributed by atoms with E-state index in [1.54, 1.807) is 0 Å². The molecule has 2 rings (SSSR count). The number of aliphatic imine (C=N–C) groups is 1. The Morgan fingerprint density at radius 3 is 2.71 bits per heavy atom. The summed E-state index contributed by atoms with van der Waals surface area (Å²) in [5.41, 5.74) is 5.74. The van der Waals surface area contributed by atoms with E-state index in [1.807, 2.05) is 0 Å². The van der Waals surface area contributed by atoms with E-state index in [9.17, 15) is 0 Å². The molecule has 5 nitrogen and oxygen atoms in total. The molecule has 0 radical (unpaired) electrons. The minimum atomic E-state index is 0. The highest BCUT2D eigenvalue weighted by molar-refractivity contribution is 14.0. The van der Waals surface area contributed by atoms with Crippen molar-refractivity contribution in [3.05, 3.63) is 0 Å². The highest BCUT2D eigenvalue weighted by Gasteiger charge is 2.21. The van der Waals surface area contributed by atoms with Crippen molar-refractivity contribution in [1.82, 2.24) is 10.2 Å². The lowest BCUT2D eigenvalue weighted by atomic mass is 10.3. The standard InChI is InChI=1S/C11H22N4O.HI/c12-11(14-10-2-3-10)13-4-1-5-15-6-8-16-9-7-15;/h10H,1-9H2,(H3,12,13,14);1H. The quantitative estimate of drug-likeness (QED) is 0.325. The van der Waals surface area contributed by atoms with Crippen LogP contribution in [-0.2, 0) is 4.74 Å². The number of nitrogens with one attached hydrogen (secondary N) is 1. The number of ether oxygens (including phenoxy) is 1. The fourth-order valence-corrected chi connectivity index (χ4v) is 1.80. The second-order valence-electron chi connectivity index (χ2n) is 4.49. The first kappa shape index (κ1) is 15.0. The maximum absolute atomic E-state index is 5.74. The van der Waals surface area contributed by atoms with Gasteiger partial charge in [-0.2, -0.15) is 0 Å². The molecule has 0 aromatic rings. The van der Waals surface area contributed by atoms with Gasteiger partial charge in [0.2, 0.25) is 0 Å². The smallest absolute Gasteiger partial charge is 0.188 e. The van der Waals surface area contributed by atoms with Crippen molar-refractivity contribution < 1.29 is 4.74 Å². The van der Waals surface area contributed by atoms with E-state index in [2.05, 4.69) is 15.2 Å². The SMILES string of the molecule is I.NC(=NCCCN1CCOCC1)NC1CC1. The topological polar surface area (TPSA) is 62.9 Å². The Balaban J connectivity index is 0.00000144. The molecule has 17 heavy (non-hydrogen) atoms. The van der Waals surface area contributed by atoms with Gasteiger partial charge in [0.15, 0.2) is 5.96 Å². The van der Waals surface area contributed by atoms with Crippen molar-refractivity contribution in [3.8, 4) is 0 Å². The Bertz CT molecular complexity index is 240. The molecular weight excluding hydrogens is 331 g/mol. The Morgan fingerprint density at radius 1 is 1.35 bits per heavy atom. The molecule has 0 spiro atoms. The van der Waals surface area contributed by atoms with Crippen molar-refractivity contribution >= 4 is 29.9 Å². The fraction of sp³-hybridized carbons (Fsp3) is 0.909. The van der Waals surface area contributed by atoms with Crippen LogP contribution in [0.25, 0.3) is 0 Å². The van der Waals surface area contributed by atoms with Gasteiger partial charge < -0.3 is 15.8 Å². The average molecular weight is 354 g/mol. The van der Waals surface area contributed by atoms with Crippen LogP contribution in [0.5, 0.6) is 0 Å². The summed E-state index contributed by atoms with van der Waals surface area (Å²) in [6.45, 7) is 5.77. The predicted molar refractivity (Wildman–Crippen MR) is 79.9 cm³/mol. The fourth-order valence-electron chi connectivity index (χ4n) is 1.80. The summed E-state index contributed by atoms with van der Waals surface area (Å²) < 4.78 is 5.30. The van der Waals surface area contributed by atoms with E-state index < -0.39 is 0 Å². The molecule has 0 unspecified atom stereocenters. The monoisotopic (exact) mass is 354 g/mol. The highest BCUT2D eigenvalue weighted by Crippen LogP contribution is 2.17. The molecule has 3 N–H and O–H groups in total. The van der Waals surface area contributed by atoms with Crippen LogP contribution in [0.3, 0.4) is 0 Å². The maximum atomic E-state index is 5.74. The molecule has 1 aliphatic carbocycles. The number of guanidine groups is 1. The third kappa shape index (κ3) is 6.42. The molecule has 0 bridgehead atoms. The van der Waals surface area contributed by atoms with Gasteiger partial charge in [0.1, 0.15) is 0 Å². The van der Waals surface area contributed by atoms with Crippen LogP contribution in [0.4, 0.5) is 0 Å². The van der Waals surface area contributed by atoms with Gasteiger partial charge in [0.05, 0.1) is 13.2 Å². The van der Waals surface area contributed by atoms with Gasteiger partial charge in [-0.25, -0.2) is 0 Å². The summed E-state index contributed by atoms with van der Waals surface area (Å²) in [6, 6.07) is 0.600. The van der Waals surface area contributed by atoms with Crippen molar-refractivity contribution in [2.45, 2.75) is 25.3 Å². The highest BCUT2D eigenvalue weighted by atomic mass is 127. The van der Waals surface area contributed by atoms with Crippen LogP contribution < -0.4 is 11.1 Å². The number of morpholine rings is 1. The zero-order valence-corrected chi connectivity index (χ0v) is 12.6. The first-order valence-corrected chi connectivity index (χ1v) is 6.21. The summed E-state index contributed by atoms with van der Waals surface area (Å²) in [7, 11) is 0. The Morgan fingerprint density at radius 2 is 2.06 bits per heavy atom. The third-order valence-corrected chi connectivity index (χ3v) is 2.95. The summed E-state index contributed by atoms with van der Waals surface area (Å²) in [4.78, 5) is 6.73. The summed E-state index contributed by atoms with van der Waals surface area (Å²) in [5.74, 6) is 0.615. The minimum Gasteiger partial charge on any atom is -0.379 e. The molecule has 0 amide bonds. The maximum Gasteiger partial charge on any atom is 0.188 e. The van der Waals surface area contributed by atoms with E-state index in [0.717, 1.165) is 45.8 Å². The zero-order chi connectivity index (χ0) is 11.2. The summed E-state index contributed by atoms with van der Waals surface area (Å²) in [6.07, 6.45) is 3.56. The van der Waals surface area contributed by atoms with Crippen molar-refractivity contribution in [1.29, 1.82) is 0 Å². The first-order valence-electron chi connectivity index (χ1n) is 6.21. The number of hydrogen-bond acceptors (Lipinski definition) is 3. The third-order valence-electron chi connectivity index (χ3n) is 2.95. The van der Waals surface area contributed by atoms with E-state index in [1.165, 1.54) is 12.8 Å². The Kier molecular flexibility index (Phi) is 7.14. The summed E-state index contributed by atoms with van der Waals surface area (Å²) >= 11 is 0. The molecule has 2 fully saturated rings. The number of nitrogens with two attached hydrogens (primary N) is 1. The van der Waals surface area contributed by atoms with Crippen LogP contribution in [0, 0.1) is 0 Å². The van der Waals surface area contributed by atoms with Crippen molar-refractivity contribution in [3.63, 3.8) is 0 Å². The van der Waals surface area contributed by atoms with Gasteiger partial charge in [-0.15, -0.1) is 24.0 Å². The molecule has 6 heteroatoms. The molecule has 1 heterocycles. The second-order valence-corrected chi connectivity index (χ2v) is 4.49. The zero-order valence-electron chi connectivity index (χ0n) is 10.2. The van der Waals surface area contributed by atoms with Gasteiger partial charge in [-0.05, 0) is 19.3 Å². The molecule has 1 saturated heterocycles. The Labute approximate surface area is 120 Å². The number of halogens is 1. The van der Waals surface area contributed by atoms with Gasteiger partial charge in [-0.3, -0.25) is 9.89 Å². The van der Waals surface area contributed by atoms with Crippen LogP contribution in [-0.4, -0.2) is 56.3 Å². The van der Waals surface area contributed by atoms with Crippen LogP contribution in [0.15, 0.2) is 4.99 Å². The largest absolute Gasteiger partial charge is 0.379 e. The molecule has 2 aliphatic rings. The average Bonchev–Trinajstić information content (AvgIpc) is 3.10. The summed E-state index contributed by atoms with van der Waals surface area (Å²) in [5, 5.41) is 3.19. The van der Waals surface area contributed by atoms with Crippen molar-refractivity contribution in [2.75, 3.05) is 39.4 Å². The van der Waals surface area contributed by atoms with Crippen LogP contribution in [0.2, 0.25) is 0 Å². The number of rotatable bonds is 5. The molecule has 0 atom stereocenters. The molecule has 0 aromatic heterocycles. The van der Waals surface area contributed by atoms with E-state index in [-0.39, 0.29) is 24.0 Å². The van der Waals surface area contributed by atoms with Gasteiger partial charge >= 0.3 is 0 Å². The van der Waals surface area contributed by atoms with E-state index in [0.29, 0.717) is 12.0 Å². The van der Waals surface area contributed by atoms with Gasteiger partial charge in [0, 0.05) is 32.2 Å². The normalized spacial score (nSPS) is 22.0. The van der Waals surface area contributed by atoms with E-state index >= 15 is 0 Å². The lowest BCUT2D eigenvalue weighted by molar-refractivity contribution is 0.0377. The molecule has 1 saturated carbocycles. The lowest BCUT2D eigenvalue weighted by Gasteiger charge is -2.26. The Hall–Kier alpha value is -0.0800. The van der Waals surface area contributed by atoms with Crippen LogP contribution >= 0.6 is 24.0 Å². The van der Waals surface area contributed by atoms with E-state index in [4.69, 9.17) is 10.5 Å². The first-order chi connectivity index (χ1) is 7.84. The van der Waals surface area contributed by atoms with Crippen molar-refractivity contribution in [2.24, 2.45) is 10.7 Å². The molecule has 0 aromatic carbocycles. The number of hydrogen-bond donors (Lipinski definition) is 2. The minimum absolute atomic E-state index is 0. The molecule has 1 aliphatic heterocycles. The second kappa shape index (κ2) is 8.10. The van der Waals surface area contributed by atoms with Crippen LogP contribution in [0.1, 0.15) is 19.3 Å².